The lowest BCUT2D eigenvalue weighted by molar-refractivity contribution is 0.102. The number of para-hydroxylation sites is 1. The molecule has 0 fully saturated rings. The van der Waals surface area contributed by atoms with E-state index in [9.17, 15) is 13.2 Å². The van der Waals surface area contributed by atoms with Crippen molar-refractivity contribution in [2.75, 3.05) is 5.32 Å². The van der Waals surface area contributed by atoms with Gasteiger partial charge in [0.2, 0.25) is 5.55 Å². The highest BCUT2D eigenvalue weighted by Gasteiger charge is 2.16. The molecule has 1 amide bonds. The van der Waals surface area contributed by atoms with Crippen molar-refractivity contribution in [3.05, 3.63) is 101 Å². The Morgan fingerprint density at radius 1 is 0.969 bits per heavy atom. The maximum atomic E-state index is 13.0. The van der Waals surface area contributed by atoms with E-state index < -0.39 is 15.9 Å². The molecule has 1 heterocycles. The van der Waals surface area contributed by atoms with Crippen LogP contribution < -0.4 is 15.7 Å². The van der Waals surface area contributed by atoms with Gasteiger partial charge in [-0.3, -0.25) is 4.79 Å². The van der Waals surface area contributed by atoms with Gasteiger partial charge in [0, 0.05) is 16.1 Å². The quantitative estimate of drug-likeness (QED) is 0.423. The van der Waals surface area contributed by atoms with Crippen LogP contribution in [-0.4, -0.2) is 14.3 Å². The second kappa shape index (κ2) is 8.86. The van der Waals surface area contributed by atoms with Gasteiger partial charge in [-0.25, -0.2) is 0 Å². The van der Waals surface area contributed by atoms with Crippen LogP contribution in [0.1, 0.15) is 15.9 Å². The van der Waals surface area contributed by atoms with Crippen molar-refractivity contribution in [3.8, 4) is 0 Å². The van der Waals surface area contributed by atoms with Crippen molar-refractivity contribution in [3.63, 3.8) is 0 Å². The molecule has 0 aliphatic rings. The Morgan fingerprint density at radius 2 is 1.66 bits per heavy atom. The first-order chi connectivity index (χ1) is 15.3. The number of anilines is 1. The van der Waals surface area contributed by atoms with Gasteiger partial charge in [-0.05, 0) is 55.5 Å². The van der Waals surface area contributed by atoms with E-state index in [4.69, 9.17) is 16.0 Å². The Hall–Kier alpha value is -3.62. The number of hydrogen-bond acceptors (Lipinski definition) is 5. The minimum Gasteiger partial charge on any atom is -0.436 e. The number of carbonyl (C=O) groups is 1. The highest BCUT2D eigenvalue weighted by Crippen LogP contribution is 2.16. The Balaban J connectivity index is 1.74. The Bertz CT molecular complexity index is 1460. The summed E-state index contributed by atoms with van der Waals surface area (Å²) in [7, 11) is -4.00. The van der Waals surface area contributed by atoms with Gasteiger partial charge >= 0.3 is 0 Å². The minimum atomic E-state index is -4.00. The summed E-state index contributed by atoms with van der Waals surface area (Å²) in [5.41, 5.74) is 1.98. The van der Waals surface area contributed by atoms with Gasteiger partial charge in [0.05, 0.1) is 4.90 Å². The number of benzene rings is 3. The molecule has 162 valence electrons. The smallest absolute Gasteiger partial charge is 0.276 e. The number of sulfonamides is 1. The van der Waals surface area contributed by atoms with Gasteiger partial charge in [0.15, 0.2) is 0 Å². The summed E-state index contributed by atoms with van der Waals surface area (Å²) in [4.78, 5) is 15.1. The molecule has 0 radical (unpaired) electrons. The third-order valence-electron chi connectivity index (χ3n) is 4.60. The highest BCUT2D eigenvalue weighted by molar-refractivity contribution is 7.89. The SMILES string of the molecule is Cc1ccc(NC(=O)c2cc3ccccc3oc2=NNS(=O)(=O)c2ccc(Cl)cc2)cc1. The Labute approximate surface area is 189 Å². The molecule has 0 saturated heterocycles. The van der Waals surface area contributed by atoms with Crippen LogP contribution in [0.5, 0.6) is 0 Å². The lowest BCUT2D eigenvalue weighted by Crippen LogP contribution is -2.27. The molecule has 0 atom stereocenters. The van der Waals surface area contributed by atoms with Crippen LogP contribution in [-0.2, 0) is 10.0 Å². The van der Waals surface area contributed by atoms with Crippen molar-refractivity contribution in [2.45, 2.75) is 11.8 Å². The van der Waals surface area contributed by atoms with Gasteiger partial charge in [-0.2, -0.15) is 13.2 Å². The van der Waals surface area contributed by atoms with Crippen molar-refractivity contribution in [1.29, 1.82) is 0 Å². The third-order valence-corrected chi connectivity index (χ3v) is 6.08. The van der Waals surface area contributed by atoms with Crippen molar-refractivity contribution < 1.29 is 17.6 Å². The fraction of sp³-hybridized carbons (Fsp3) is 0.0435. The number of nitrogens with one attached hydrogen (secondary N) is 2. The van der Waals surface area contributed by atoms with Crippen LogP contribution >= 0.6 is 11.6 Å². The predicted octanol–water partition coefficient (Wildman–Crippen LogP) is 4.44. The molecule has 0 unspecified atom stereocenters. The number of hydrogen-bond donors (Lipinski definition) is 2. The lowest BCUT2D eigenvalue weighted by Gasteiger charge is -2.08. The number of nitrogens with zero attached hydrogens (tertiary/aromatic N) is 1. The summed E-state index contributed by atoms with van der Waals surface area (Å²) >= 11 is 5.82. The van der Waals surface area contributed by atoms with Crippen molar-refractivity contribution >= 4 is 44.2 Å². The van der Waals surface area contributed by atoms with Crippen molar-refractivity contribution in [1.82, 2.24) is 4.83 Å². The van der Waals surface area contributed by atoms with Crippen LogP contribution in [0.25, 0.3) is 11.0 Å². The predicted molar refractivity (Wildman–Crippen MR) is 123 cm³/mol. The molecule has 0 aliphatic heterocycles. The van der Waals surface area contributed by atoms with Gasteiger partial charge in [0.25, 0.3) is 15.9 Å². The van der Waals surface area contributed by atoms with E-state index in [0.29, 0.717) is 21.7 Å². The first-order valence-electron chi connectivity index (χ1n) is 9.54. The van der Waals surface area contributed by atoms with Gasteiger partial charge in [0.1, 0.15) is 11.1 Å². The van der Waals surface area contributed by atoms with Crippen LogP contribution in [0.2, 0.25) is 5.02 Å². The minimum absolute atomic E-state index is 0.0305. The molecule has 3 aromatic carbocycles. The average molecular weight is 468 g/mol. The first-order valence-corrected chi connectivity index (χ1v) is 11.4. The zero-order valence-electron chi connectivity index (χ0n) is 16.9. The standard InChI is InChI=1S/C23H18ClN3O4S/c1-15-6-10-18(11-7-15)25-22(28)20-14-16-4-2-3-5-21(16)31-23(20)26-27-32(29,30)19-12-8-17(24)9-13-19/h2-14,27H,1H3,(H,25,28). The maximum absolute atomic E-state index is 13.0. The molecule has 0 bridgehead atoms. The zero-order chi connectivity index (χ0) is 22.7. The highest BCUT2D eigenvalue weighted by atomic mass is 35.5. The molecule has 4 rings (SSSR count). The van der Waals surface area contributed by atoms with Gasteiger partial charge in [-0.15, -0.1) is 5.10 Å². The number of amides is 1. The molecule has 0 aliphatic carbocycles. The van der Waals surface area contributed by atoms with Crippen LogP contribution in [0, 0.1) is 6.92 Å². The average Bonchev–Trinajstić information content (AvgIpc) is 2.79. The fourth-order valence-electron chi connectivity index (χ4n) is 2.92. The summed E-state index contributed by atoms with van der Waals surface area (Å²) in [6.45, 7) is 1.94. The third kappa shape index (κ3) is 4.82. The molecule has 7 nitrogen and oxygen atoms in total. The molecular formula is C23H18ClN3O4S. The summed E-state index contributed by atoms with van der Waals surface area (Å²) < 4.78 is 30.9. The number of carbonyl (C=O) groups excluding carboxylic acids is 1. The van der Waals surface area contributed by atoms with Crippen LogP contribution in [0.4, 0.5) is 5.69 Å². The lowest BCUT2D eigenvalue weighted by atomic mass is 10.1. The Morgan fingerprint density at radius 3 is 2.38 bits per heavy atom. The number of aryl methyl sites for hydroxylation is 1. The van der Waals surface area contributed by atoms with E-state index in [2.05, 4.69) is 15.2 Å². The number of fused-ring (bicyclic) bond motifs is 1. The number of rotatable bonds is 5. The molecular weight excluding hydrogens is 450 g/mol. The van der Waals surface area contributed by atoms with E-state index >= 15 is 0 Å². The molecule has 0 spiro atoms. The van der Waals surface area contributed by atoms with Crippen LogP contribution in [0.3, 0.4) is 0 Å². The molecule has 0 saturated carbocycles. The number of halogens is 1. The second-order valence-corrected chi connectivity index (χ2v) is 9.08. The van der Waals surface area contributed by atoms with E-state index in [1.165, 1.54) is 24.3 Å². The zero-order valence-corrected chi connectivity index (χ0v) is 18.4. The Kier molecular flexibility index (Phi) is 5.98. The topological polar surface area (TPSA) is 101 Å². The van der Waals surface area contributed by atoms with Gasteiger partial charge in [-0.1, -0.05) is 47.5 Å². The van der Waals surface area contributed by atoms with Crippen molar-refractivity contribution in [2.24, 2.45) is 5.10 Å². The monoisotopic (exact) mass is 467 g/mol. The van der Waals surface area contributed by atoms with E-state index in [1.54, 1.807) is 42.5 Å². The van der Waals surface area contributed by atoms with E-state index in [1.807, 2.05) is 19.1 Å². The van der Waals surface area contributed by atoms with Gasteiger partial charge < -0.3 is 9.73 Å². The summed E-state index contributed by atoms with van der Waals surface area (Å²) in [5, 5.41) is 7.75. The maximum Gasteiger partial charge on any atom is 0.276 e. The first kappa shape index (κ1) is 21.6. The van der Waals surface area contributed by atoms with E-state index in [-0.39, 0.29) is 16.0 Å². The molecule has 9 heteroatoms. The summed E-state index contributed by atoms with van der Waals surface area (Å²) in [6, 6.07) is 21.5. The summed E-state index contributed by atoms with van der Waals surface area (Å²) in [5.74, 6) is -0.493. The second-order valence-electron chi connectivity index (χ2n) is 6.98. The van der Waals surface area contributed by atoms with E-state index in [0.717, 1.165) is 5.56 Å². The molecule has 2 N–H and O–H groups in total. The normalized spacial score (nSPS) is 12.0. The molecule has 1 aromatic heterocycles. The molecule has 32 heavy (non-hydrogen) atoms. The molecule has 4 aromatic rings. The van der Waals surface area contributed by atoms with Crippen LogP contribution in [0.15, 0.2) is 93.3 Å². The largest absolute Gasteiger partial charge is 0.436 e. The summed E-state index contributed by atoms with van der Waals surface area (Å²) in [6.07, 6.45) is 0. The fourth-order valence-corrected chi connectivity index (χ4v) is 3.85.